The highest BCUT2D eigenvalue weighted by molar-refractivity contribution is 7.18. The highest BCUT2D eigenvalue weighted by Gasteiger charge is 2.19. The Balaban J connectivity index is 1.76. The maximum Gasteiger partial charge on any atom is 0.246 e. The average Bonchev–Trinajstić information content (AvgIpc) is 3.03. The highest BCUT2D eigenvalue weighted by Crippen LogP contribution is 2.29. The predicted molar refractivity (Wildman–Crippen MR) is 101 cm³/mol. The lowest BCUT2D eigenvalue weighted by molar-refractivity contribution is -0.126. The molecule has 0 aliphatic rings. The van der Waals surface area contributed by atoms with Crippen LogP contribution in [-0.2, 0) is 4.79 Å². The Kier molecular flexibility index (Phi) is 4.97. The van der Waals surface area contributed by atoms with Crippen molar-refractivity contribution in [1.82, 2.24) is 9.88 Å². The number of amides is 1. The van der Waals surface area contributed by atoms with Gasteiger partial charge in [-0.3, -0.25) is 4.79 Å². The molecule has 0 radical (unpaired) electrons. The number of rotatable bonds is 4. The molecule has 1 amide bonds. The third-order valence-electron chi connectivity index (χ3n) is 3.91. The van der Waals surface area contributed by atoms with Crippen molar-refractivity contribution in [3.05, 3.63) is 70.2 Å². The van der Waals surface area contributed by atoms with Gasteiger partial charge in [-0.2, -0.15) is 0 Å². The minimum atomic E-state index is -0.0919. The molecular weight excluding hydrogens is 340 g/mol. The minimum absolute atomic E-state index is 0.0818. The Morgan fingerprint density at radius 2 is 1.92 bits per heavy atom. The fraction of sp³-hybridized carbons (Fsp3) is 0.158. The van der Waals surface area contributed by atoms with E-state index in [1.165, 1.54) is 0 Å². The first kappa shape index (κ1) is 16.7. The van der Waals surface area contributed by atoms with Crippen LogP contribution < -0.4 is 0 Å². The van der Waals surface area contributed by atoms with Crippen molar-refractivity contribution in [1.29, 1.82) is 0 Å². The minimum Gasteiger partial charge on any atom is -0.333 e. The van der Waals surface area contributed by atoms with Gasteiger partial charge < -0.3 is 4.90 Å². The number of hydrogen-bond donors (Lipinski definition) is 0. The Bertz CT molecular complexity index is 870. The van der Waals surface area contributed by atoms with Gasteiger partial charge >= 0.3 is 0 Å². The summed E-state index contributed by atoms with van der Waals surface area (Å²) in [6.07, 6.45) is 3.29. The maximum atomic E-state index is 12.4. The van der Waals surface area contributed by atoms with E-state index in [-0.39, 0.29) is 11.9 Å². The monoisotopic (exact) mass is 356 g/mol. The molecule has 2 aromatic carbocycles. The van der Waals surface area contributed by atoms with E-state index < -0.39 is 0 Å². The number of fused-ring (bicyclic) bond motifs is 1. The summed E-state index contributed by atoms with van der Waals surface area (Å²) in [5.41, 5.74) is 1.80. The van der Waals surface area contributed by atoms with Crippen LogP contribution in [0.5, 0.6) is 0 Å². The molecule has 0 spiro atoms. The summed E-state index contributed by atoms with van der Waals surface area (Å²) >= 11 is 7.72. The molecule has 122 valence electrons. The zero-order chi connectivity index (χ0) is 17.1. The molecule has 0 N–H and O–H groups in total. The smallest absolute Gasteiger partial charge is 0.246 e. The van der Waals surface area contributed by atoms with E-state index in [0.29, 0.717) is 5.02 Å². The lowest BCUT2D eigenvalue weighted by Gasteiger charge is -2.21. The van der Waals surface area contributed by atoms with Gasteiger partial charge in [0.25, 0.3) is 0 Å². The first-order valence-corrected chi connectivity index (χ1v) is 8.80. The number of thiazole rings is 1. The summed E-state index contributed by atoms with van der Waals surface area (Å²) in [5, 5.41) is 1.56. The number of aromatic nitrogens is 1. The summed E-state index contributed by atoms with van der Waals surface area (Å²) in [6, 6.07) is 15.3. The van der Waals surface area contributed by atoms with Gasteiger partial charge in [0.1, 0.15) is 5.01 Å². The summed E-state index contributed by atoms with van der Waals surface area (Å²) in [5.74, 6) is -0.0818. The molecule has 3 aromatic rings. The van der Waals surface area contributed by atoms with Crippen molar-refractivity contribution >= 4 is 45.1 Å². The first-order chi connectivity index (χ1) is 11.6. The molecule has 1 aromatic heterocycles. The van der Waals surface area contributed by atoms with Crippen molar-refractivity contribution in [3.8, 4) is 0 Å². The molecule has 0 bridgehead atoms. The molecule has 3 rings (SSSR count). The highest BCUT2D eigenvalue weighted by atomic mass is 35.5. The zero-order valence-electron chi connectivity index (χ0n) is 13.4. The zero-order valence-corrected chi connectivity index (χ0v) is 15.0. The third kappa shape index (κ3) is 3.50. The van der Waals surface area contributed by atoms with Crippen LogP contribution in [0, 0.1) is 0 Å². The van der Waals surface area contributed by atoms with Gasteiger partial charge in [-0.25, -0.2) is 4.98 Å². The number of nitrogens with zero attached hydrogens (tertiary/aromatic N) is 2. The van der Waals surface area contributed by atoms with Crippen LogP contribution >= 0.6 is 22.9 Å². The molecule has 0 saturated heterocycles. The lowest BCUT2D eigenvalue weighted by atomic mass is 10.2. The molecule has 3 nitrogen and oxygen atoms in total. The molecule has 24 heavy (non-hydrogen) atoms. The number of benzene rings is 2. The fourth-order valence-electron chi connectivity index (χ4n) is 2.31. The molecule has 0 fully saturated rings. The van der Waals surface area contributed by atoms with E-state index in [0.717, 1.165) is 20.8 Å². The van der Waals surface area contributed by atoms with Crippen molar-refractivity contribution in [3.63, 3.8) is 0 Å². The van der Waals surface area contributed by atoms with Gasteiger partial charge in [0.15, 0.2) is 0 Å². The Labute approximate surface area is 150 Å². The average molecular weight is 357 g/mol. The van der Waals surface area contributed by atoms with E-state index in [1.54, 1.807) is 41.5 Å². The molecular formula is C19H17ClN2OS. The second kappa shape index (κ2) is 7.16. The second-order valence-electron chi connectivity index (χ2n) is 5.50. The Hall–Kier alpha value is -2.17. The Morgan fingerprint density at radius 3 is 2.67 bits per heavy atom. The van der Waals surface area contributed by atoms with E-state index in [4.69, 9.17) is 11.6 Å². The number of carbonyl (C=O) groups is 1. The van der Waals surface area contributed by atoms with Gasteiger partial charge in [0.2, 0.25) is 5.91 Å². The van der Waals surface area contributed by atoms with Crippen molar-refractivity contribution in [2.24, 2.45) is 0 Å². The molecule has 0 unspecified atom stereocenters. The van der Waals surface area contributed by atoms with Crippen molar-refractivity contribution in [2.45, 2.75) is 13.0 Å². The van der Waals surface area contributed by atoms with Gasteiger partial charge in [-0.05, 0) is 36.8 Å². The van der Waals surface area contributed by atoms with Crippen LogP contribution in [0.2, 0.25) is 5.02 Å². The molecule has 0 aliphatic heterocycles. The van der Waals surface area contributed by atoms with Crippen LogP contribution in [0.3, 0.4) is 0 Å². The van der Waals surface area contributed by atoms with Crippen LogP contribution in [0.4, 0.5) is 0 Å². The van der Waals surface area contributed by atoms with E-state index >= 15 is 0 Å². The van der Waals surface area contributed by atoms with Crippen LogP contribution in [0.15, 0.2) is 54.6 Å². The molecule has 0 aliphatic carbocycles. The molecule has 5 heteroatoms. The third-order valence-corrected chi connectivity index (χ3v) is 5.46. The first-order valence-electron chi connectivity index (χ1n) is 7.61. The maximum absolute atomic E-state index is 12.4. The predicted octanol–water partition coefficient (Wildman–Crippen LogP) is 5.18. The number of hydrogen-bond acceptors (Lipinski definition) is 3. The quantitative estimate of drug-likeness (QED) is 0.603. The topological polar surface area (TPSA) is 33.2 Å². The second-order valence-corrected chi connectivity index (χ2v) is 6.97. The molecule has 1 atom stereocenters. The van der Waals surface area contributed by atoms with Crippen LogP contribution in [-0.4, -0.2) is 22.8 Å². The lowest BCUT2D eigenvalue weighted by Crippen LogP contribution is -2.27. The van der Waals surface area contributed by atoms with Crippen molar-refractivity contribution < 1.29 is 4.79 Å². The number of likely N-dealkylation sites (N-methyl/N-ethyl adjacent to an activating group) is 1. The van der Waals surface area contributed by atoms with Gasteiger partial charge in [0.05, 0.1) is 16.3 Å². The van der Waals surface area contributed by atoms with Crippen molar-refractivity contribution in [2.75, 3.05) is 7.05 Å². The summed E-state index contributed by atoms with van der Waals surface area (Å²) in [4.78, 5) is 18.7. The summed E-state index contributed by atoms with van der Waals surface area (Å²) < 4.78 is 1.13. The van der Waals surface area contributed by atoms with Gasteiger partial charge in [-0.1, -0.05) is 41.9 Å². The molecule has 1 heterocycles. The van der Waals surface area contributed by atoms with Crippen LogP contribution in [0.1, 0.15) is 23.5 Å². The fourth-order valence-corrected chi connectivity index (χ4v) is 3.58. The normalized spacial score (nSPS) is 12.6. The number of para-hydroxylation sites is 1. The standard InChI is InChI=1S/C19H17ClN2OS/c1-13(19-21-16-9-5-6-10-17(16)24-19)22(2)18(23)12-11-14-7-3-4-8-15(14)20/h3-13H,1-2H3/b12-11+/t13-/m1/s1. The summed E-state index contributed by atoms with van der Waals surface area (Å²) in [6.45, 7) is 1.99. The number of carbonyl (C=O) groups excluding carboxylic acids is 1. The summed E-state index contributed by atoms with van der Waals surface area (Å²) in [7, 11) is 1.79. The van der Waals surface area contributed by atoms with Crippen LogP contribution in [0.25, 0.3) is 16.3 Å². The van der Waals surface area contributed by atoms with E-state index in [9.17, 15) is 4.79 Å². The largest absolute Gasteiger partial charge is 0.333 e. The Morgan fingerprint density at radius 1 is 1.21 bits per heavy atom. The van der Waals surface area contributed by atoms with Gasteiger partial charge in [0, 0.05) is 18.1 Å². The van der Waals surface area contributed by atoms with E-state index in [1.807, 2.05) is 49.4 Å². The van der Waals surface area contributed by atoms with Gasteiger partial charge in [-0.15, -0.1) is 11.3 Å². The van der Waals surface area contributed by atoms with E-state index in [2.05, 4.69) is 4.98 Å². The molecule has 0 saturated carbocycles. The SMILES string of the molecule is C[C@H](c1nc2ccccc2s1)N(C)C(=O)/C=C/c1ccccc1Cl. The number of halogens is 1.